The van der Waals surface area contributed by atoms with Crippen molar-refractivity contribution in [3.63, 3.8) is 0 Å². The molecule has 0 aliphatic rings. The number of carbonyl (C=O) groups is 1. The van der Waals surface area contributed by atoms with Crippen LogP contribution in [0.15, 0.2) is 0 Å². The number of hydrogen-bond donors (Lipinski definition) is 0. The third-order valence-corrected chi connectivity index (χ3v) is 2.09. The molecule has 0 atom stereocenters. The van der Waals surface area contributed by atoms with Crippen LogP contribution < -0.4 is 0 Å². The van der Waals surface area contributed by atoms with Gasteiger partial charge in [0.05, 0.1) is 19.2 Å². The SMILES string of the molecule is CCCN(CCC)C(=O)CN(C)CC#N. The van der Waals surface area contributed by atoms with Crippen LogP contribution in [0.25, 0.3) is 0 Å². The minimum atomic E-state index is 0.122. The highest BCUT2D eigenvalue weighted by Crippen LogP contribution is 1.96. The number of nitriles is 1. The Morgan fingerprint density at radius 2 is 1.80 bits per heavy atom. The molecular formula is C11H21N3O. The summed E-state index contributed by atoms with van der Waals surface area (Å²) in [5.41, 5.74) is 0. The highest BCUT2D eigenvalue weighted by atomic mass is 16.2. The number of hydrogen-bond acceptors (Lipinski definition) is 3. The van der Waals surface area contributed by atoms with Gasteiger partial charge in [-0.2, -0.15) is 5.26 Å². The molecule has 15 heavy (non-hydrogen) atoms. The molecule has 0 aliphatic heterocycles. The van der Waals surface area contributed by atoms with E-state index in [0.717, 1.165) is 25.9 Å². The fourth-order valence-corrected chi connectivity index (χ4v) is 1.41. The Morgan fingerprint density at radius 3 is 2.20 bits per heavy atom. The van der Waals surface area contributed by atoms with Crippen LogP contribution in [-0.4, -0.2) is 48.9 Å². The summed E-state index contributed by atoms with van der Waals surface area (Å²) in [4.78, 5) is 15.4. The second-order valence-corrected chi connectivity index (χ2v) is 3.71. The molecule has 0 radical (unpaired) electrons. The Kier molecular flexibility index (Phi) is 7.65. The standard InChI is InChI=1S/C11H21N3O/c1-4-7-14(8-5-2)11(15)10-13(3)9-6-12/h4-5,7-10H2,1-3H3. The first kappa shape index (κ1) is 13.9. The Balaban J connectivity index is 4.07. The van der Waals surface area contributed by atoms with Crippen molar-refractivity contribution in [1.82, 2.24) is 9.80 Å². The molecule has 86 valence electrons. The van der Waals surface area contributed by atoms with E-state index >= 15 is 0 Å². The van der Waals surface area contributed by atoms with Gasteiger partial charge in [0.25, 0.3) is 0 Å². The summed E-state index contributed by atoms with van der Waals surface area (Å²) in [7, 11) is 1.79. The van der Waals surface area contributed by atoms with Crippen molar-refractivity contribution in [3.05, 3.63) is 0 Å². The van der Waals surface area contributed by atoms with Gasteiger partial charge in [-0.3, -0.25) is 9.69 Å². The van der Waals surface area contributed by atoms with Gasteiger partial charge >= 0.3 is 0 Å². The van der Waals surface area contributed by atoms with Gasteiger partial charge in [-0.05, 0) is 19.9 Å². The van der Waals surface area contributed by atoms with Gasteiger partial charge < -0.3 is 4.90 Å². The molecule has 0 heterocycles. The molecule has 0 spiro atoms. The summed E-state index contributed by atoms with van der Waals surface area (Å²) < 4.78 is 0. The van der Waals surface area contributed by atoms with Gasteiger partial charge in [0.2, 0.25) is 5.91 Å². The molecule has 0 aromatic rings. The topological polar surface area (TPSA) is 47.3 Å². The maximum Gasteiger partial charge on any atom is 0.236 e. The lowest BCUT2D eigenvalue weighted by molar-refractivity contribution is -0.132. The van der Waals surface area contributed by atoms with Crippen molar-refractivity contribution >= 4 is 5.91 Å². The largest absolute Gasteiger partial charge is 0.342 e. The quantitative estimate of drug-likeness (QED) is 0.592. The third-order valence-electron chi connectivity index (χ3n) is 2.09. The summed E-state index contributed by atoms with van der Waals surface area (Å²) in [5, 5.41) is 8.48. The first-order valence-electron chi connectivity index (χ1n) is 5.48. The van der Waals surface area contributed by atoms with Crippen LogP contribution in [-0.2, 0) is 4.79 Å². The Labute approximate surface area is 92.5 Å². The zero-order valence-corrected chi connectivity index (χ0v) is 9.99. The minimum Gasteiger partial charge on any atom is -0.342 e. The molecule has 0 N–H and O–H groups in total. The Morgan fingerprint density at radius 1 is 1.27 bits per heavy atom. The van der Waals surface area contributed by atoms with E-state index in [-0.39, 0.29) is 5.91 Å². The molecular weight excluding hydrogens is 190 g/mol. The van der Waals surface area contributed by atoms with E-state index in [1.165, 1.54) is 0 Å². The van der Waals surface area contributed by atoms with Crippen LogP contribution in [0.2, 0.25) is 0 Å². The highest BCUT2D eigenvalue weighted by molar-refractivity contribution is 5.78. The van der Waals surface area contributed by atoms with Crippen LogP contribution in [0, 0.1) is 11.3 Å². The Hall–Kier alpha value is -1.08. The van der Waals surface area contributed by atoms with E-state index in [1.807, 2.05) is 11.0 Å². The summed E-state index contributed by atoms with van der Waals surface area (Å²) >= 11 is 0. The van der Waals surface area contributed by atoms with E-state index in [0.29, 0.717) is 13.1 Å². The Bertz CT molecular complexity index is 216. The molecule has 1 amide bonds. The first-order chi connectivity index (χ1) is 7.15. The van der Waals surface area contributed by atoms with Crippen molar-refractivity contribution in [2.24, 2.45) is 0 Å². The molecule has 0 saturated heterocycles. The monoisotopic (exact) mass is 211 g/mol. The van der Waals surface area contributed by atoms with Crippen molar-refractivity contribution in [2.45, 2.75) is 26.7 Å². The highest BCUT2D eigenvalue weighted by Gasteiger charge is 2.13. The van der Waals surface area contributed by atoms with Crippen LogP contribution in [0.4, 0.5) is 0 Å². The van der Waals surface area contributed by atoms with E-state index in [9.17, 15) is 4.79 Å². The van der Waals surface area contributed by atoms with Crippen LogP contribution >= 0.6 is 0 Å². The molecule has 4 heteroatoms. The minimum absolute atomic E-state index is 0.122. The van der Waals surface area contributed by atoms with Crippen molar-refractivity contribution in [3.8, 4) is 6.07 Å². The maximum absolute atomic E-state index is 11.8. The summed E-state index contributed by atoms with van der Waals surface area (Å²) in [5.74, 6) is 0.122. The molecule has 0 aliphatic carbocycles. The van der Waals surface area contributed by atoms with Crippen molar-refractivity contribution in [2.75, 3.05) is 33.2 Å². The van der Waals surface area contributed by atoms with Crippen LogP contribution in [0.3, 0.4) is 0 Å². The average molecular weight is 211 g/mol. The van der Waals surface area contributed by atoms with Gasteiger partial charge in [-0.25, -0.2) is 0 Å². The molecule has 0 bridgehead atoms. The number of rotatable bonds is 7. The fraction of sp³-hybridized carbons (Fsp3) is 0.818. The lowest BCUT2D eigenvalue weighted by Gasteiger charge is -2.23. The van der Waals surface area contributed by atoms with Gasteiger partial charge in [0.1, 0.15) is 0 Å². The van der Waals surface area contributed by atoms with Crippen LogP contribution in [0.5, 0.6) is 0 Å². The predicted molar refractivity (Wildman–Crippen MR) is 60.3 cm³/mol. The van der Waals surface area contributed by atoms with E-state index < -0.39 is 0 Å². The molecule has 0 aromatic carbocycles. The number of carbonyl (C=O) groups excluding carboxylic acids is 1. The zero-order valence-electron chi connectivity index (χ0n) is 9.99. The number of amides is 1. The van der Waals surface area contributed by atoms with Gasteiger partial charge in [0.15, 0.2) is 0 Å². The fourth-order valence-electron chi connectivity index (χ4n) is 1.41. The number of likely N-dealkylation sites (N-methyl/N-ethyl adjacent to an activating group) is 1. The third kappa shape index (κ3) is 6.08. The van der Waals surface area contributed by atoms with Gasteiger partial charge in [-0.15, -0.1) is 0 Å². The molecule has 4 nitrogen and oxygen atoms in total. The smallest absolute Gasteiger partial charge is 0.236 e. The molecule has 0 fully saturated rings. The molecule has 0 aromatic heterocycles. The number of nitrogens with zero attached hydrogens (tertiary/aromatic N) is 3. The van der Waals surface area contributed by atoms with Crippen molar-refractivity contribution < 1.29 is 4.79 Å². The summed E-state index contributed by atoms with van der Waals surface area (Å²) in [6.45, 7) is 6.40. The van der Waals surface area contributed by atoms with E-state index in [1.54, 1.807) is 11.9 Å². The zero-order chi connectivity index (χ0) is 11.7. The lowest BCUT2D eigenvalue weighted by atomic mass is 10.3. The normalized spacial score (nSPS) is 10.1. The second-order valence-electron chi connectivity index (χ2n) is 3.71. The van der Waals surface area contributed by atoms with Gasteiger partial charge in [-0.1, -0.05) is 13.8 Å². The second kappa shape index (κ2) is 8.25. The predicted octanol–water partition coefficient (Wildman–Crippen LogP) is 1.09. The van der Waals surface area contributed by atoms with E-state index in [2.05, 4.69) is 13.8 Å². The molecule has 0 unspecified atom stereocenters. The van der Waals surface area contributed by atoms with E-state index in [4.69, 9.17) is 5.26 Å². The average Bonchev–Trinajstić information content (AvgIpc) is 2.17. The molecule has 0 saturated carbocycles. The molecule has 0 rings (SSSR count). The summed E-state index contributed by atoms with van der Waals surface area (Å²) in [6.07, 6.45) is 1.96. The summed E-state index contributed by atoms with van der Waals surface area (Å²) in [6, 6.07) is 2.03. The van der Waals surface area contributed by atoms with Gasteiger partial charge in [0, 0.05) is 13.1 Å². The maximum atomic E-state index is 11.8. The first-order valence-corrected chi connectivity index (χ1v) is 5.48. The lowest BCUT2D eigenvalue weighted by Crippen LogP contribution is -2.39. The van der Waals surface area contributed by atoms with Crippen LogP contribution in [0.1, 0.15) is 26.7 Å². The van der Waals surface area contributed by atoms with Crippen molar-refractivity contribution in [1.29, 1.82) is 5.26 Å².